The van der Waals surface area contributed by atoms with Gasteiger partial charge < -0.3 is 20.3 Å². The molecule has 5 nitrogen and oxygen atoms in total. The van der Waals surface area contributed by atoms with Gasteiger partial charge in [0.1, 0.15) is 4.88 Å². The molecule has 0 radical (unpaired) electrons. The third-order valence-electron chi connectivity index (χ3n) is 2.78. The van der Waals surface area contributed by atoms with Crippen LogP contribution in [0.15, 0.2) is 11.4 Å². The molecule has 2 N–H and O–H groups in total. The summed E-state index contributed by atoms with van der Waals surface area (Å²) in [6.07, 6.45) is 0.938. The fraction of sp³-hybridized carbons (Fsp3) is 0.615. The second kappa shape index (κ2) is 8.14. The van der Waals surface area contributed by atoms with Gasteiger partial charge in [0.05, 0.1) is 12.3 Å². The second-order valence-electron chi connectivity index (χ2n) is 4.65. The van der Waals surface area contributed by atoms with Crippen LogP contribution in [0.1, 0.15) is 16.1 Å². The maximum absolute atomic E-state index is 12.4. The van der Waals surface area contributed by atoms with Crippen molar-refractivity contribution >= 4 is 22.9 Å². The monoisotopic (exact) mass is 285 g/mol. The molecule has 0 bridgehead atoms. The topological polar surface area (TPSA) is 58.8 Å². The Morgan fingerprint density at radius 1 is 1.37 bits per heavy atom. The smallest absolute Gasteiger partial charge is 0.266 e. The lowest BCUT2D eigenvalue weighted by Crippen LogP contribution is -2.35. The van der Waals surface area contributed by atoms with Gasteiger partial charge in [-0.25, -0.2) is 0 Å². The maximum Gasteiger partial charge on any atom is 0.266 e. The molecule has 1 heterocycles. The van der Waals surface area contributed by atoms with Crippen molar-refractivity contribution in [3.63, 3.8) is 0 Å². The Kier molecular flexibility index (Phi) is 6.83. The van der Waals surface area contributed by atoms with Gasteiger partial charge in [0.15, 0.2) is 0 Å². The average Bonchev–Trinajstić information content (AvgIpc) is 2.78. The summed E-state index contributed by atoms with van der Waals surface area (Å²) < 4.78 is 5.07. The first-order chi connectivity index (χ1) is 9.06. The molecule has 108 valence electrons. The lowest BCUT2D eigenvalue weighted by atomic mass is 10.3. The third kappa shape index (κ3) is 5.18. The van der Waals surface area contributed by atoms with E-state index < -0.39 is 0 Å². The Balaban J connectivity index is 2.62. The van der Waals surface area contributed by atoms with Crippen molar-refractivity contribution in [3.8, 4) is 0 Å². The highest BCUT2D eigenvalue weighted by atomic mass is 32.1. The Bertz CT molecular complexity index is 393. The lowest BCUT2D eigenvalue weighted by Gasteiger charge is -2.23. The van der Waals surface area contributed by atoms with Crippen LogP contribution in [0.3, 0.4) is 0 Å². The van der Waals surface area contributed by atoms with Crippen molar-refractivity contribution in [2.45, 2.75) is 6.42 Å². The number of nitrogens with zero attached hydrogens (tertiary/aromatic N) is 2. The quantitative estimate of drug-likeness (QED) is 0.784. The van der Waals surface area contributed by atoms with Gasteiger partial charge in [-0.3, -0.25) is 4.79 Å². The van der Waals surface area contributed by atoms with Gasteiger partial charge >= 0.3 is 0 Å². The summed E-state index contributed by atoms with van der Waals surface area (Å²) >= 11 is 1.39. The number of methoxy groups -OCH3 is 1. The number of carbonyl (C=O) groups is 1. The summed E-state index contributed by atoms with van der Waals surface area (Å²) in [7, 11) is 5.69. The summed E-state index contributed by atoms with van der Waals surface area (Å²) in [5.41, 5.74) is 6.37. The van der Waals surface area contributed by atoms with Gasteiger partial charge in [0, 0.05) is 20.2 Å². The number of carbonyl (C=O) groups excluding carboxylic acids is 1. The van der Waals surface area contributed by atoms with E-state index in [1.165, 1.54) is 11.3 Å². The Labute approximate surface area is 118 Å². The van der Waals surface area contributed by atoms with E-state index in [1.54, 1.807) is 13.2 Å². The maximum atomic E-state index is 12.4. The molecule has 0 aromatic carbocycles. The fourth-order valence-electron chi connectivity index (χ4n) is 1.73. The van der Waals surface area contributed by atoms with Crippen LogP contribution in [0, 0.1) is 0 Å². The van der Waals surface area contributed by atoms with Crippen LogP contribution in [0.25, 0.3) is 0 Å². The van der Waals surface area contributed by atoms with Gasteiger partial charge in [-0.2, -0.15) is 0 Å². The minimum atomic E-state index is 0.00306. The van der Waals surface area contributed by atoms with Gasteiger partial charge in [-0.1, -0.05) is 0 Å². The van der Waals surface area contributed by atoms with Crippen LogP contribution < -0.4 is 5.73 Å². The van der Waals surface area contributed by atoms with E-state index in [0.717, 1.165) is 19.5 Å². The average molecular weight is 285 g/mol. The molecule has 0 atom stereocenters. The van der Waals surface area contributed by atoms with Crippen molar-refractivity contribution in [1.29, 1.82) is 0 Å². The van der Waals surface area contributed by atoms with Crippen LogP contribution in [0.2, 0.25) is 0 Å². The van der Waals surface area contributed by atoms with Crippen LogP contribution in [0.4, 0.5) is 5.69 Å². The van der Waals surface area contributed by atoms with E-state index in [9.17, 15) is 4.79 Å². The highest BCUT2D eigenvalue weighted by molar-refractivity contribution is 7.12. The molecule has 0 unspecified atom stereocenters. The first-order valence-electron chi connectivity index (χ1n) is 6.32. The number of nitrogens with two attached hydrogens (primary N) is 1. The van der Waals surface area contributed by atoms with E-state index in [1.807, 2.05) is 24.4 Å². The zero-order valence-corrected chi connectivity index (χ0v) is 12.7. The Morgan fingerprint density at radius 3 is 2.63 bits per heavy atom. The van der Waals surface area contributed by atoms with Crippen LogP contribution in [0.5, 0.6) is 0 Å². The molecule has 1 amide bonds. The number of ether oxygens (including phenoxy) is 1. The number of nitrogen functional groups attached to an aromatic ring is 1. The van der Waals surface area contributed by atoms with Crippen molar-refractivity contribution in [2.24, 2.45) is 0 Å². The summed E-state index contributed by atoms with van der Waals surface area (Å²) in [5, 5.41) is 1.84. The molecule has 0 aliphatic rings. The SMILES string of the molecule is COCCN(CCCN(C)C)C(=O)c1sccc1N. The molecule has 0 aliphatic heterocycles. The number of thiophene rings is 1. The summed E-state index contributed by atoms with van der Waals surface area (Å²) in [6.45, 7) is 2.81. The molecule has 0 fully saturated rings. The number of amides is 1. The first-order valence-corrected chi connectivity index (χ1v) is 7.20. The first kappa shape index (κ1) is 15.9. The molecule has 0 saturated carbocycles. The minimum Gasteiger partial charge on any atom is -0.397 e. The highest BCUT2D eigenvalue weighted by Crippen LogP contribution is 2.20. The summed E-state index contributed by atoms with van der Waals surface area (Å²) in [6, 6.07) is 1.77. The van der Waals surface area contributed by atoms with Crippen LogP contribution in [-0.4, -0.2) is 63.2 Å². The fourth-order valence-corrected chi connectivity index (χ4v) is 2.52. The normalized spacial score (nSPS) is 10.9. The van der Waals surface area contributed by atoms with Gasteiger partial charge in [-0.05, 0) is 38.5 Å². The predicted molar refractivity (Wildman–Crippen MR) is 79.7 cm³/mol. The number of hydrogen-bond acceptors (Lipinski definition) is 5. The van der Waals surface area contributed by atoms with E-state index >= 15 is 0 Å². The molecule has 1 aromatic rings. The van der Waals surface area contributed by atoms with Crippen LogP contribution >= 0.6 is 11.3 Å². The van der Waals surface area contributed by atoms with Crippen LogP contribution in [-0.2, 0) is 4.74 Å². The largest absolute Gasteiger partial charge is 0.397 e. The molecule has 0 spiro atoms. The molecule has 1 rings (SSSR count). The molecular formula is C13H23N3O2S. The van der Waals surface area contributed by atoms with Gasteiger partial charge in [0.25, 0.3) is 5.91 Å². The molecule has 0 aliphatic carbocycles. The second-order valence-corrected chi connectivity index (χ2v) is 5.56. The van der Waals surface area contributed by atoms with E-state index in [-0.39, 0.29) is 5.91 Å². The minimum absolute atomic E-state index is 0.00306. The third-order valence-corrected chi connectivity index (χ3v) is 3.69. The lowest BCUT2D eigenvalue weighted by molar-refractivity contribution is 0.0695. The molecular weight excluding hydrogens is 262 g/mol. The van der Waals surface area contributed by atoms with E-state index in [0.29, 0.717) is 23.7 Å². The summed E-state index contributed by atoms with van der Waals surface area (Å²) in [5.74, 6) is 0.00306. The van der Waals surface area contributed by atoms with Crippen molar-refractivity contribution in [3.05, 3.63) is 16.3 Å². The Morgan fingerprint density at radius 2 is 2.11 bits per heavy atom. The Hall–Kier alpha value is -1.11. The van der Waals surface area contributed by atoms with Gasteiger partial charge in [-0.15, -0.1) is 11.3 Å². The van der Waals surface area contributed by atoms with Crippen molar-refractivity contribution in [2.75, 3.05) is 53.2 Å². The van der Waals surface area contributed by atoms with E-state index in [2.05, 4.69) is 4.90 Å². The summed E-state index contributed by atoms with van der Waals surface area (Å²) in [4.78, 5) is 16.9. The predicted octanol–water partition coefficient (Wildman–Crippen LogP) is 1.37. The molecule has 1 aromatic heterocycles. The molecule has 19 heavy (non-hydrogen) atoms. The standard InChI is InChI=1S/C13H23N3O2S/c1-15(2)6-4-7-16(8-9-18-3)13(17)12-11(14)5-10-19-12/h5,10H,4,6-9,14H2,1-3H3. The number of anilines is 1. The zero-order valence-electron chi connectivity index (χ0n) is 11.9. The number of hydrogen-bond donors (Lipinski definition) is 1. The zero-order chi connectivity index (χ0) is 14.3. The molecule has 6 heteroatoms. The van der Waals surface area contributed by atoms with E-state index in [4.69, 9.17) is 10.5 Å². The highest BCUT2D eigenvalue weighted by Gasteiger charge is 2.18. The molecule has 0 saturated heterocycles. The van der Waals surface area contributed by atoms with Gasteiger partial charge in [0.2, 0.25) is 0 Å². The van der Waals surface area contributed by atoms with Crippen molar-refractivity contribution in [1.82, 2.24) is 9.80 Å². The number of rotatable bonds is 8. The van der Waals surface area contributed by atoms with Crippen molar-refractivity contribution < 1.29 is 9.53 Å².